The number of aromatic nitrogens is 1. The number of hydrogen-bond acceptors (Lipinski definition) is 4. The van der Waals surface area contributed by atoms with Gasteiger partial charge in [0.2, 0.25) is 0 Å². The first-order valence-corrected chi connectivity index (χ1v) is 8.00. The van der Waals surface area contributed by atoms with E-state index in [9.17, 15) is 0 Å². The molecule has 1 N–H and O–H groups in total. The van der Waals surface area contributed by atoms with Crippen LogP contribution in [0.1, 0.15) is 34.8 Å². The molecule has 1 heterocycles. The molecule has 2 nitrogen and oxygen atoms in total. The Balaban J connectivity index is 1.87. The molecule has 2 rings (SSSR count). The second-order valence-electron chi connectivity index (χ2n) is 4.44. The summed E-state index contributed by atoms with van der Waals surface area (Å²) in [6.45, 7) is 5.19. The summed E-state index contributed by atoms with van der Waals surface area (Å²) in [7, 11) is 0. The molecule has 0 spiro atoms. The number of rotatable bonds is 4. The van der Waals surface area contributed by atoms with Gasteiger partial charge >= 0.3 is 0 Å². The Morgan fingerprint density at radius 3 is 2.88 bits per heavy atom. The minimum absolute atomic E-state index is 0.694. The van der Waals surface area contributed by atoms with Gasteiger partial charge in [0.1, 0.15) is 5.01 Å². The summed E-state index contributed by atoms with van der Waals surface area (Å²) in [5.74, 6) is 0. The molecule has 1 aliphatic rings. The lowest BCUT2D eigenvalue weighted by atomic mass is 10.2. The molecule has 0 radical (unpaired) electrons. The maximum Gasteiger partial charge on any atom is 0.107 e. The van der Waals surface area contributed by atoms with Gasteiger partial charge in [0.05, 0.1) is 5.69 Å². The zero-order chi connectivity index (χ0) is 11.5. The van der Waals surface area contributed by atoms with Crippen molar-refractivity contribution in [3.05, 3.63) is 15.6 Å². The van der Waals surface area contributed by atoms with E-state index in [2.05, 4.69) is 30.4 Å². The zero-order valence-electron chi connectivity index (χ0n) is 10.2. The molecule has 2 unspecified atom stereocenters. The van der Waals surface area contributed by atoms with E-state index in [4.69, 9.17) is 0 Å². The molecule has 1 fully saturated rings. The van der Waals surface area contributed by atoms with Gasteiger partial charge in [-0.1, -0.05) is 6.42 Å². The van der Waals surface area contributed by atoms with Gasteiger partial charge in [-0.25, -0.2) is 4.98 Å². The van der Waals surface area contributed by atoms with Crippen LogP contribution in [0.15, 0.2) is 0 Å². The predicted molar refractivity (Wildman–Crippen MR) is 73.4 cm³/mol. The van der Waals surface area contributed by atoms with Gasteiger partial charge in [-0.3, -0.25) is 0 Å². The Morgan fingerprint density at radius 1 is 1.44 bits per heavy atom. The first-order chi connectivity index (χ1) is 7.70. The van der Waals surface area contributed by atoms with E-state index in [1.807, 2.05) is 23.1 Å². The second-order valence-corrected chi connectivity index (χ2v) is 6.81. The van der Waals surface area contributed by atoms with Crippen LogP contribution >= 0.6 is 23.1 Å². The average molecular weight is 256 g/mol. The van der Waals surface area contributed by atoms with Crippen LogP contribution < -0.4 is 5.32 Å². The molecule has 1 aromatic heterocycles. The van der Waals surface area contributed by atoms with Gasteiger partial charge in [0.25, 0.3) is 0 Å². The van der Waals surface area contributed by atoms with Crippen molar-refractivity contribution in [1.29, 1.82) is 0 Å². The zero-order valence-corrected chi connectivity index (χ0v) is 11.9. The molecule has 16 heavy (non-hydrogen) atoms. The highest BCUT2D eigenvalue weighted by molar-refractivity contribution is 7.99. The van der Waals surface area contributed by atoms with Crippen molar-refractivity contribution >= 4 is 23.1 Å². The summed E-state index contributed by atoms with van der Waals surface area (Å²) in [5.41, 5.74) is 1.19. The minimum atomic E-state index is 0.694. The van der Waals surface area contributed by atoms with E-state index in [1.165, 1.54) is 34.8 Å². The van der Waals surface area contributed by atoms with Gasteiger partial charge in [-0.15, -0.1) is 11.3 Å². The Labute approximate surface area is 106 Å². The molecular weight excluding hydrogens is 236 g/mol. The van der Waals surface area contributed by atoms with Crippen LogP contribution in [-0.2, 0) is 6.54 Å². The first kappa shape index (κ1) is 12.4. The Morgan fingerprint density at radius 2 is 2.25 bits per heavy atom. The Kier molecular flexibility index (Phi) is 4.27. The van der Waals surface area contributed by atoms with E-state index in [0.717, 1.165) is 11.8 Å². The third kappa shape index (κ3) is 2.79. The quantitative estimate of drug-likeness (QED) is 0.896. The van der Waals surface area contributed by atoms with Crippen molar-refractivity contribution in [2.75, 3.05) is 6.26 Å². The molecule has 1 aromatic rings. The number of thiazole rings is 1. The molecule has 90 valence electrons. The van der Waals surface area contributed by atoms with Crippen molar-refractivity contribution < 1.29 is 0 Å². The van der Waals surface area contributed by atoms with Crippen LogP contribution in [0, 0.1) is 13.8 Å². The van der Waals surface area contributed by atoms with Gasteiger partial charge in [0.15, 0.2) is 0 Å². The van der Waals surface area contributed by atoms with Gasteiger partial charge < -0.3 is 5.32 Å². The third-order valence-corrected chi connectivity index (χ3v) is 5.59. The highest BCUT2D eigenvalue weighted by atomic mass is 32.2. The molecule has 2 atom stereocenters. The van der Waals surface area contributed by atoms with Crippen molar-refractivity contribution in [3.63, 3.8) is 0 Å². The summed E-state index contributed by atoms with van der Waals surface area (Å²) in [6, 6.07) is 0.694. The van der Waals surface area contributed by atoms with Crippen LogP contribution in [-0.4, -0.2) is 22.5 Å². The van der Waals surface area contributed by atoms with Gasteiger partial charge in [-0.05, 0) is 32.9 Å². The average Bonchev–Trinajstić information content (AvgIpc) is 2.83. The molecular formula is C12H20N2S2. The molecule has 0 aliphatic heterocycles. The van der Waals surface area contributed by atoms with E-state index in [0.29, 0.717) is 6.04 Å². The lowest BCUT2D eigenvalue weighted by Crippen LogP contribution is -2.33. The van der Waals surface area contributed by atoms with Crippen molar-refractivity contribution in [3.8, 4) is 0 Å². The van der Waals surface area contributed by atoms with E-state index in [1.54, 1.807) is 0 Å². The topological polar surface area (TPSA) is 24.9 Å². The molecule has 0 aromatic carbocycles. The molecule has 0 amide bonds. The standard InChI is InChI=1S/C12H20N2S2/c1-8-9(2)16-12(14-8)7-13-10-5-4-6-11(10)15-3/h10-11,13H,4-7H2,1-3H3. The molecule has 1 saturated carbocycles. The fraction of sp³-hybridized carbons (Fsp3) is 0.750. The van der Waals surface area contributed by atoms with Crippen molar-refractivity contribution in [2.24, 2.45) is 0 Å². The molecule has 0 saturated heterocycles. The van der Waals surface area contributed by atoms with Crippen LogP contribution in [0.25, 0.3) is 0 Å². The maximum absolute atomic E-state index is 4.57. The number of thioether (sulfide) groups is 1. The summed E-state index contributed by atoms with van der Waals surface area (Å²) in [6.07, 6.45) is 6.30. The van der Waals surface area contributed by atoms with E-state index >= 15 is 0 Å². The maximum atomic E-state index is 4.57. The highest BCUT2D eigenvalue weighted by Crippen LogP contribution is 2.28. The van der Waals surface area contributed by atoms with Crippen LogP contribution in [0.4, 0.5) is 0 Å². The summed E-state index contributed by atoms with van der Waals surface area (Å²) < 4.78 is 0. The lowest BCUT2D eigenvalue weighted by Gasteiger charge is -2.18. The number of nitrogens with one attached hydrogen (secondary N) is 1. The minimum Gasteiger partial charge on any atom is -0.307 e. The lowest BCUT2D eigenvalue weighted by molar-refractivity contribution is 0.531. The number of nitrogens with zero attached hydrogens (tertiary/aromatic N) is 1. The molecule has 0 bridgehead atoms. The monoisotopic (exact) mass is 256 g/mol. The fourth-order valence-corrected chi connectivity index (χ4v) is 4.12. The van der Waals surface area contributed by atoms with Gasteiger partial charge in [0, 0.05) is 22.7 Å². The van der Waals surface area contributed by atoms with Crippen molar-refractivity contribution in [2.45, 2.75) is 50.9 Å². The Hall–Kier alpha value is -0.0600. The van der Waals surface area contributed by atoms with Crippen molar-refractivity contribution in [1.82, 2.24) is 10.3 Å². The number of aryl methyl sites for hydroxylation is 2. The SMILES string of the molecule is CSC1CCCC1NCc1nc(C)c(C)s1. The van der Waals surface area contributed by atoms with Crippen LogP contribution in [0.3, 0.4) is 0 Å². The Bertz CT molecular complexity index is 329. The smallest absolute Gasteiger partial charge is 0.107 e. The predicted octanol–water partition coefficient (Wildman–Crippen LogP) is 3.13. The number of hydrogen-bond donors (Lipinski definition) is 1. The molecule has 4 heteroatoms. The first-order valence-electron chi connectivity index (χ1n) is 5.90. The normalized spacial score (nSPS) is 25.2. The van der Waals surface area contributed by atoms with Crippen LogP contribution in [0.5, 0.6) is 0 Å². The molecule has 1 aliphatic carbocycles. The summed E-state index contributed by atoms with van der Waals surface area (Å²) in [5, 5.41) is 5.71. The van der Waals surface area contributed by atoms with Gasteiger partial charge in [-0.2, -0.15) is 11.8 Å². The largest absolute Gasteiger partial charge is 0.307 e. The third-order valence-electron chi connectivity index (χ3n) is 3.34. The van der Waals surface area contributed by atoms with Crippen LogP contribution in [0.2, 0.25) is 0 Å². The summed E-state index contributed by atoms with van der Waals surface area (Å²) >= 11 is 3.83. The van der Waals surface area contributed by atoms with E-state index in [-0.39, 0.29) is 0 Å². The van der Waals surface area contributed by atoms with E-state index < -0.39 is 0 Å². The fourth-order valence-electron chi connectivity index (χ4n) is 2.27. The summed E-state index contributed by atoms with van der Waals surface area (Å²) in [4.78, 5) is 5.92. The highest BCUT2D eigenvalue weighted by Gasteiger charge is 2.25. The second kappa shape index (κ2) is 5.52.